The van der Waals surface area contributed by atoms with E-state index in [9.17, 15) is 0 Å². The molecular formula is C7H6IN3. The van der Waals surface area contributed by atoms with E-state index in [4.69, 9.17) is 0 Å². The molecule has 56 valence electrons. The van der Waals surface area contributed by atoms with Crippen molar-refractivity contribution in [2.24, 2.45) is 0 Å². The summed E-state index contributed by atoms with van der Waals surface area (Å²) in [6.45, 7) is 2.07. The van der Waals surface area contributed by atoms with Gasteiger partial charge in [-0.05, 0) is 41.1 Å². The minimum absolute atomic E-state index is 0.936. The van der Waals surface area contributed by atoms with Crippen LogP contribution in [-0.2, 0) is 0 Å². The van der Waals surface area contributed by atoms with Crippen LogP contribution in [0, 0.1) is 10.5 Å². The zero-order valence-corrected chi connectivity index (χ0v) is 8.11. The Bertz CT molecular complexity index is 393. The number of halogens is 1. The van der Waals surface area contributed by atoms with Gasteiger partial charge in [0.2, 0.25) is 0 Å². The summed E-state index contributed by atoms with van der Waals surface area (Å²) in [7, 11) is 0. The predicted octanol–water partition coefficient (Wildman–Crippen LogP) is 1.64. The Labute approximate surface area is 77.6 Å². The van der Waals surface area contributed by atoms with E-state index in [2.05, 4.69) is 39.6 Å². The van der Waals surface area contributed by atoms with Gasteiger partial charge in [-0.3, -0.25) is 0 Å². The molecule has 0 amide bonds. The molecule has 2 rings (SSSR count). The van der Waals surface area contributed by atoms with Gasteiger partial charge in [-0.25, -0.2) is 9.50 Å². The van der Waals surface area contributed by atoms with Crippen LogP contribution in [0.25, 0.3) is 5.65 Å². The second-order valence-corrected chi connectivity index (χ2v) is 3.42. The first-order chi connectivity index (χ1) is 5.29. The highest BCUT2D eigenvalue weighted by molar-refractivity contribution is 14.1. The molecule has 0 N–H and O–H groups in total. The lowest BCUT2D eigenvalue weighted by atomic mass is 10.3. The Kier molecular flexibility index (Phi) is 1.56. The molecule has 2 aromatic rings. The fourth-order valence-corrected chi connectivity index (χ4v) is 1.51. The molecule has 0 aliphatic carbocycles. The Morgan fingerprint density at radius 3 is 3.18 bits per heavy atom. The first-order valence-electron chi connectivity index (χ1n) is 3.23. The molecule has 0 aliphatic heterocycles. The van der Waals surface area contributed by atoms with E-state index < -0.39 is 0 Å². The largest absolute Gasteiger partial charge is 0.220 e. The van der Waals surface area contributed by atoms with Gasteiger partial charge >= 0.3 is 0 Å². The van der Waals surface area contributed by atoms with Crippen LogP contribution in [0.3, 0.4) is 0 Å². The predicted molar refractivity (Wildman–Crippen MR) is 50.4 cm³/mol. The van der Waals surface area contributed by atoms with Gasteiger partial charge in [0.05, 0.1) is 3.57 Å². The molecule has 0 radical (unpaired) electrons. The van der Waals surface area contributed by atoms with Crippen LogP contribution in [0.2, 0.25) is 0 Å². The van der Waals surface area contributed by atoms with Crippen LogP contribution in [-0.4, -0.2) is 14.6 Å². The van der Waals surface area contributed by atoms with Gasteiger partial charge in [-0.1, -0.05) is 0 Å². The second-order valence-electron chi connectivity index (χ2n) is 2.34. The van der Waals surface area contributed by atoms with E-state index in [0.29, 0.717) is 0 Å². The number of aryl methyl sites for hydroxylation is 1. The van der Waals surface area contributed by atoms with Gasteiger partial charge in [0, 0.05) is 6.20 Å². The van der Waals surface area contributed by atoms with Gasteiger partial charge in [-0.15, -0.1) is 0 Å². The van der Waals surface area contributed by atoms with Gasteiger partial charge in [0.25, 0.3) is 0 Å². The Balaban J connectivity index is 2.93. The second kappa shape index (κ2) is 2.44. The number of aromatic nitrogens is 3. The van der Waals surface area contributed by atoms with Crippen LogP contribution in [0.15, 0.2) is 18.6 Å². The maximum atomic E-state index is 4.12. The van der Waals surface area contributed by atoms with Crippen LogP contribution < -0.4 is 0 Å². The molecule has 11 heavy (non-hydrogen) atoms. The Morgan fingerprint density at radius 1 is 1.55 bits per heavy atom. The van der Waals surface area contributed by atoms with E-state index in [0.717, 1.165) is 5.65 Å². The molecule has 0 spiro atoms. The third kappa shape index (κ3) is 1.01. The van der Waals surface area contributed by atoms with Gasteiger partial charge < -0.3 is 0 Å². The normalized spacial score (nSPS) is 10.7. The summed E-state index contributed by atoms with van der Waals surface area (Å²) in [5, 5.41) is 4.02. The average molecular weight is 259 g/mol. The van der Waals surface area contributed by atoms with Crippen molar-refractivity contribution in [3.63, 3.8) is 0 Å². The van der Waals surface area contributed by atoms with Crippen molar-refractivity contribution in [2.75, 3.05) is 0 Å². The van der Waals surface area contributed by atoms with E-state index in [1.54, 1.807) is 10.8 Å². The summed E-state index contributed by atoms with van der Waals surface area (Å²) in [5.41, 5.74) is 2.18. The van der Waals surface area contributed by atoms with Crippen molar-refractivity contribution in [1.29, 1.82) is 0 Å². The number of fused-ring (bicyclic) bond motifs is 1. The minimum atomic E-state index is 0.936. The molecule has 3 nitrogen and oxygen atoms in total. The van der Waals surface area contributed by atoms with Crippen LogP contribution in [0.4, 0.5) is 0 Å². The maximum Gasteiger partial charge on any atom is 0.168 e. The lowest BCUT2D eigenvalue weighted by Gasteiger charge is -1.97. The molecule has 0 saturated heterocycles. The fraction of sp³-hybridized carbons (Fsp3) is 0.143. The number of hydrogen-bond acceptors (Lipinski definition) is 2. The van der Waals surface area contributed by atoms with Crippen molar-refractivity contribution in [1.82, 2.24) is 14.6 Å². The van der Waals surface area contributed by atoms with Crippen LogP contribution in [0.5, 0.6) is 0 Å². The number of pyridine rings is 1. The van der Waals surface area contributed by atoms with E-state index in [1.165, 1.54) is 9.13 Å². The number of nitrogens with zero attached hydrogens (tertiary/aromatic N) is 3. The molecule has 0 fully saturated rings. The third-order valence-corrected chi connectivity index (χ3v) is 2.91. The van der Waals surface area contributed by atoms with Crippen molar-refractivity contribution in [3.8, 4) is 0 Å². The molecule has 0 saturated carbocycles. The highest BCUT2D eigenvalue weighted by Gasteiger charge is 2.01. The zero-order valence-electron chi connectivity index (χ0n) is 5.95. The van der Waals surface area contributed by atoms with E-state index >= 15 is 0 Å². The smallest absolute Gasteiger partial charge is 0.168 e. The standard InChI is InChI=1S/C7H6IN3/c1-5-2-3-11-7(6(5)8)9-4-10-11/h2-4H,1H3. The molecule has 4 heteroatoms. The van der Waals surface area contributed by atoms with Crippen LogP contribution in [0.1, 0.15) is 5.56 Å². The summed E-state index contributed by atoms with van der Waals surface area (Å²) < 4.78 is 2.94. The molecular weight excluding hydrogens is 253 g/mol. The lowest BCUT2D eigenvalue weighted by molar-refractivity contribution is 0.954. The van der Waals surface area contributed by atoms with Crippen molar-refractivity contribution < 1.29 is 0 Å². The monoisotopic (exact) mass is 259 g/mol. The molecule has 0 atom stereocenters. The quantitative estimate of drug-likeness (QED) is 0.673. The lowest BCUT2D eigenvalue weighted by Crippen LogP contribution is -1.91. The highest BCUT2D eigenvalue weighted by Crippen LogP contribution is 2.14. The summed E-state index contributed by atoms with van der Waals surface area (Å²) in [5.74, 6) is 0. The van der Waals surface area contributed by atoms with Gasteiger partial charge in [0.15, 0.2) is 5.65 Å². The highest BCUT2D eigenvalue weighted by atomic mass is 127. The minimum Gasteiger partial charge on any atom is -0.220 e. The third-order valence-electron chi connectivity index (χ3n) is 1.58. The maximum absolute atomic E-state index is 4.12. The molecule has 0 unspecified atom stereocenters. The van der Waals surface area contributed by atoms with Crippen molar-refractivity contribution in [2.45, 2.75) is 6.92 Å². The molecule has 2 aromatic heterocycles. The first kappa shape index (κ1) is 7.02. The van der Waals surface area contributed by atoms with Crippen LogP contribution >= 0.6 is 22.6 Å². The van der Waals surface area contributed by atoms with Crippen molar-refractivity contribution >= 4 is 28.2 Å². The summed E-state index contributed by atoms with van der Waals surface area (Å²) >= 11 is 2.28. The number of rotatable bonds is 0. The van der Waals surface area contributed by atoms with Crippen molar-refractivity contribution in [3.05, 3.63) is 27.7 Å². The summed E-state index contributed by atoms with van der Waals surface area (Å²) in [6.07, 6.45) is 3.48. The average Bonchev–Trinajstić information content (AvgIpc) is 2.45. The molecule has 0 bridgehead atoms. The zero-order chi connectivity index (χ0) is 7.84. The molecule has 0 aliphatic rings. The first-order valence-corrected chi connectivity index (χ1v) is 4.31. The fourth-order valence-electron chi connectivity index (χ4n) is 0.948. The molecule has 2 heterocycles. The Morgan fingerprint density at radius 2 is 2.36 bits per heavy atom. The number of hydrogen-bond donors (Lipinski definition) is 0. The van der Waals surface area contributed by atoms with E-state index in [1.807, 2.05) is 12.3 Å². The summed E-state index contributed by atoms with van der Waals surface area (Å²) in [4.78, 5) is 4.12. The van der Waals surface area contributed by atoms with E-state index in [-0.39, 0.29) is 0 Å². The SMILES string of the molecule is Cc1ccn2ncnc2c1I. The molecule has 0 aromatic carbocycles. The van der Waals surface area contributed by atoms with Gasteiger partial charge in [0.1, 0.15) is 6.33 Å². The summed E-state index contributed by atoms with van der Waals surface area (Å²) in [6, 6.07) is 2.03. The van der Waals surface area contributed by atoms with Gasteiger partial charge in [-0.2, -0.15) is 5.10 Å². The Hall–Kier alpha value is -0.650. The topological polar surface area (TPSA) is 30.2 Å².